The van der Waals surface area contributed by atoms with Crippen molar-refractivity contribution in [2.75, 3.05) is 0 Å². The number of alkyl halides is 2. The van der Waals surface area contributed by atoms with E-state index in [9.17, 15) is 13.9 Å². The topological polar surface area (TPSA) is 59.2 Å². The summed E-state index contributed by atoms with van der Waals surface area (Å²) in [4.78, 5) is 4.04. The molecule has 0 aliphatic heterocycles. The number of benzene rings is 2. The van der Waals surface area contributed by atoms with Crippen molar-refractivity contribution in [3.05, 3.63) is 94.8 Å². The second kappa shape index (κ2) is 7.97. The Kier molecular flexibility index (Phi) is 5.37. The molecule has 0 fully saturated rings. The molecule has 4 aromatic rings. The van der Waals surface area contributed by atoms with E-state index in [-0.39, 0.29) is 22.5 Å². The van der Waals surface area contributed by atoms with Gasteiger partial charge in [0.05, 0.1) is 5.56 Å². The number of rotatable bonds is 5. The van der Waals surface area contributed by atoms with Crippen LogP contribution in [0.3, 0.4) is 0 Å². The molecule has 4 rings (SSSR count). The minimum atomic E-state index is -3.11. The molecular formula is C23H17ClF2N2O2. The number of aliphatic hydroxyl groups is 1. The van der Waals surface area contributed by atoms with Crippen molar-refractivity contribution in [1.82, 2.24) is 10.1 Å². The molecule has 0 saturated heterocycles. The fourth-order valence-corrected chi connectivity index (χ4v) is 3.46. The normalized spacial score (nSPS) is 12.7. The van der Waals surface area contributed by atoms with Crippen molar-refractivity contribution in [1.29, 1.82) is 0 Å². The summed E-state index contributed by atoms with van der Waals surface area (Å²) in [5, 5.41) is 15.8. The first kappa shape index (κ1) is 20.2. The van der Waals surface area contributed by atoms with Crippen molar-refractivity contribution < 1.29 is 18.4 Å². The summed E-state index contributed by atoms with van der Waals surface area (Å²) in [7, 11) is 0. The standard InChI is InChI=1S/C23H17ClF2N2O2/c1-23(25,26)18-7-3-2-6-17(18)22-19(21(29)15-5-4-12-27-13-15)20(28-30-22)14-8-10-16(24)11-9-14/h2-13,21,29H,1H3. The van der Waals surface area contributed by atoms with E-state index in [4.69, 9.17) is 16.1 Å². The lowest BCUT2D eigenvalue weighted by Gasteiger charge is -2.17. The largest absolute Gasteiger partial charge is 0.383 e. The van der Waals surface area contributed by atoms with Crippen LogP contribution < -0.4 is 0 Å². The number of hydrogen-bond donors (Lipinski definition) is 1. The van der Waals surface area contributed by atoms with E-state index in [0.29, 0.717) is 21.8 Å². The number of halogens is 3. The van der Waals surface area contributed by atoms with Gasteiger partial charge in [0.15, 0.2) is 5.76 Å². The average molecular weight is 427 g/mol. The highest BCUT2D eigenvalue weighted by molar-refractivity contribution is 6.30. The number of aliphatic hydroxyl groups excluding tert-OH is 1. The van der Waals surface area contributed by atoms with Gasteiger partial charge < -0.3 is 9.63 Å². The predicted molar refractivity (Wildman–Crippen MR) is 110 cm³/mol. The number of aromatic nitrogens is 2. The van der Waals surface area contributed by atoms with Gasteiger partial charge in [0.1, 0.15) is 11.8 Å². The summed E-state index contributed by atoms with van der Waals surface area (Å²) in [5.41, 5.74) is 1.68. The van der Waals surface area contributed by atoms with E-state index in [1.165, 1.54) is 24.4 Å². The first-order chi connectivity index (χ1) is 14.4. The van der Waals surface area contributed by atoms with Gasteiger partial charge in [0.2, 0.25) is 0 Å². The molecule has 30 heavy (non-hydrogen) atoms. The van der Waals surface area contributed by atoms with Crippen molar-refractivity contribution in [2.24, 2.45) is 0 Å². The Bertz CT molecular complexity index is 1160. The van der Waals surface area contributed by atoms with Gasteiger partial charge in [-0.3, -0.25) is 4.98 Å². The van der Waals surface area contributed by atoms with Gasteiger partial charge in [0.25, 0.3) is 5.92 Å². The molecule has 152 valence electrons. The van der Waals surface area contributed by atoms with E-state index in [1.54, 1.807) is 48.7 Å². The van der Waals surface area contributed by atoms with Gasteiger partial charge in [-0.05, 0) is 18.2 Å². The third-order valence-electron chi connectivity index (χ3n) is 4.76. The van der Waals surface area contributed by atoms with Crippen LogP contribution in [0.4, 0.5) is 8.78 Å². The molecule has 0 radical (unpaired) electrons. The summed E-state index contributed by atoms with van der Waals surface area (Å²) >= 11 is 5.98. The third kappa shape index (κ3) is 3.84. The average Bonchev–Trinajstić information content (AvgIpc) is 3.18. The number of hydrogen-bond acceptors (Lipinski definition) is 4. The molecule has 0 saturated carbocycles. The molecule has 7 heteroatoms. The summed E-state index contributed by atoms with van der Waals surface area (Å²) < 4.78 is 34.1. The molecule has 1 atom stereocenters. The maximum absolute atomic E-state index is 14.3. The SMILES string of the molecule is CC(F)(F)c1ccccc1-c1onc(-c2ccc(Cl)cc2)c1C(O)c1cccnc1. The van der Waals surface area contributed by atoms with Gasteiger partial charge >= 0.3 is 0 Å². The fraction of sp³-hybridized carbons (Fsp3) is 0.130. The zero-order valence-electron chi connectivity index (χ0n) is 15.9. The molecule has 1 unspecified atom stereocenters. The molecule has 0 bridgehead atoms. The van der Waals surface area contributed by atoms with Crippen LogP contribution in [-0.4, -0.2) is 15.2 Å². The smallest absolute Gasteiger partial charge is 0.271 e. The van der Waals surface area contributed by atoms with Crippen LogP contribution in [0.25, 0.3) is 22.6 Å². The van der Waals surface area contributed by atoms with Crippen molar-refractivity contribution >= 4 is 11.6 Å². The quantitative estimate of drug-likeness (QED) is 0.409. The third-order valence-corrected chi connectivity index (χ3v) is 5.02. The Morgan fingerprint density at radius 2 is 1.77 bits per heavy atom. The first-order valence-electron chi connectivity index (χ1n) is 9.17. The molecule has 0 amide bonds. The number of nitrogens with zero attached hydrogens (tertiary/aromatic N) is 2. The van der Waals surface area contributed by atoms with E-state index in [1.807, 2.05) is 0 Å². The molecule has 4 nitrogen and oxygen atoms in total. The van der Waals surface area contributed by atoms with E-state index < -0.39 is 12.0 Å². The first-order valence-corrected chi connectivity index (χ1v) is 9.55. The maximum Gasteiger partial charge on any atom is 0.271 e. The van der Waals surface area contributed by atoms with E-state index >= 15 is 0 Å². The summed E-state index contributed by atoms with van der Waals surface area (Å²) in [6.45, 7) is 0.819. The van der Waals surface area contributed by atoms with Crippen LogP contribution >= 0.6 is 11.6 Å². The summed E-state index contributed by atoms with van der Waals surface area (Å²) in [6.07, 6.45) is 1.90. The van der Waals surface area contributed by atoms with Crippen LogP contribution in [0, 0.1) is 0 Å². The Balaban J connectivity index is 1.96. The van der Waals surface area contributed by atoms with Crippen LogP contribution in [0.15, 0.2) is 77.6 Å². The Labute approximate surface area is 176 Å². The second-order valence-electron chi connectivity index (χ2n) is 6.90. The van der Waals surface area contributed by atoms with E-state index in [2.05, 4.69) is 10.1 Å². The monoisotopic (exact) mass is 426 g/mol. The van der Waals surface area contributed by atoms with Gasteiger partial charge in [0, 0.05) is 46.6 Å². The molecular weight excluding hydrogens is 410 g/mol. The highest BCUT2D eigenvalue weighted by Gasteiger charge is 2.33. The minimum Gasteiger partial charge on any atom is -0.383 e. The summed E-state index contributed by atoms with van der Waals surface area (Å²) in [6, 6.07) is 16.2. The Hall–Kier alpha value is -3.09. The highest BCUT2D eigenvalue weighted by Crippen LogP contribution is 2.43. The molecule has 2 aromatic heterocycles. The lowest BCUT2D eigenvalue weighted by Crippen LogP contribution is -2.10. The number of pyridine rings is 1. The van der Waals surface area contributed by atoms with Crippen molar-refractivity contribution in [2.45, 2.75) is 19.0 Å². The molecule has 2 heterocycles. The maximum atomic E-state index is 14.3. The molecule has 0 aliphatic carbocycles. The van der Waals surface area contributed by atoms with Crippen LogP contribution in [0.5, 0.6) is 0 Å². The van der Waals surface area contributed by atoms with Crippen LogP contribution in [-0.2, 0) is 5.92 Å². The predicted octanol–water partition coefficient (Wildman–Crippen LogP) is 6.25. The highest BCUT2D eigenvalue weighted by atomic mass is 35.5. The molecule has 0 spiro atoms. The zero-order valence-corrected chi connectivity index (χ0v) is 16.6. The van der Waals surface area contributed by atoms with Crippen molar-refractivity contribution in [3.63, 3.8) is 0 Å². The van der Waals surface area contributed by atoms with Gasteiger partial charge in [-0.25, -0.2) is 8.78 Å². The second-order valence-corrected chi connectivity index (χ2v) is 7.34. The van der Waals surface area contributed by atoms with Crippen molar-refractivity contribution in [3.8, 4) is 22.6 Å². The Morgan fingerprint density at radius 3 is 2.43 bits per heavy atom. The van der Waals surface area contributed by atoms with E-state index in [0.717, 1.165) is 6.92 Å². The summed E-state index contributed by atoms with van der Waals surface area (Å²) in [5.74, 6) is -3.03. The lowest BCUT2D eigenvalue weighted by atomic mass is 9.92. The lowest BCUT2D eigenvalue weighted by molar-refractivity contribution is 0.0179. The molecule has 1 N–H and O–H groups in total. The molecule has 2 aromatic carbocycles. The van der Waals surface area contributed by atoms with Gasteiger partial charge in [-0.2, -0.15) is 0 Å². The fourth-order valence-electron chi connectivity index (χ4n) is 3.33. The zero-order chi connectivity index (χ0) is 21.3. The van der Waals surface area contributed by atoms with Crippen LogP contribution in [0.2, 0.25) is 5.02 Å². The molecule has 0 aliphatic rings. The van der Waals surface area contributed by atoms with Gasteiger partial charge in [-0.1, -0.05) is 59.2 Å². The minimum absolute atomic E-state index is 0.0772. The van der Waals surface area contributed by atoms with Crippen LogP contribution in [0.1, 0.15) is 29.7 Å². The van der Waals surface area contributed by atoms with Gasteiger partial charge in [-0.15, -0.1) is 0 Å². The Morgan fingerprint density at radius 1 is 1.03 bits per heavy atom.